The van der Waals surface area contributed by atoms with E-state index in [-0.39, 0.29) is 26.4 Å². The second kappa shape index (κ2) is 9.12. The van der Waals surface area contributed by atoms with Gasteiger partial charge in [0.15, 0.2) is 23.0 Å². The highest BCUT2D eigenvalue weighted by Crippen LogP contribution is 2.61. The minimum absolute atomic E-state index is 0.274. The summed E-state index contributed by atoms with van der Waals surface area (Å²) in [6.45, 7) is 1.10. The Kier molecular flexibility index (Phi) is 5.98. The molecule has 198 valence electrons. The first-order valence-corrected chi connectivity index (χ1v) is 12.9. The van der Waals surface area contributed by atoms with Gasteiger partial charge in [0.05, 0.1) is 30.6 Å². The molecule has 0 spiro atoms. The molecule has 0 saturated carbocycles. The molecule has 0 aliphatic carbocycles. The zero-order chi connectivity index (χ0) is 26.7. The van der Waals surface area contributed by atoms with Crippen LogP contribution >= 0.6 is 22.7 Å². The molecule has 38 heavy (non-hydrogen) atoms. The highest BCUT2D eigenvalue weighted by atomic mass is 32.1. The van der Waals surface area contributed by atoms with Crippen LogP contribution in [0.1, 0.15) is 11.1 Å². The van der Waals surface area contributed by atoms with Crippen LogP contribution in [0.3, 0.4) is 0 Å². The summed E-state index contributed by atoms with van der Waals surface area (Å²) in [5.74, 6) is 1.72. The number of thiophene rings is 2. The molecule has 0 atom stereocenters. The van der Waals surface area contributed by atoms with E-state index in [1.807, 2.05) is 0 Å². The van der Waals surface area contributed by atoms with E-state index >= 15 is 0 Å². The van der Waals surface area contributed by atoms with Crippen LogP contribution < -0.4 is 18.9 Å². The summed E-state index contributed by atoms with van der Waals surface area (Å²) in [6, 6.07) is 9.58. The van der Waals surface area contributed by atoms with Gasteiger partial charge < -0.3 is 18.9 Å². The summed E-state index contributed by atoms with van der Waals surface area (Å²) in [7, 11) is 0. The quantitative estimate of drug-likeness (QED) is 0.232. The van der Waals surface area contributed by atoms with Crippen molar-refractivity contribution in [2.24, 2.45) is 0 Å². The molecule has 0 unspecified atom stereocenters. The van der Waals surface area contributed by atoms with Crippen molar-refractivity contribution in [3.63, 3.8) is 0 Å². The fraction of sp³-hybridized carbons (Fsp3) is 0.231. The molecule has 2 aliphatic heterocycles. The van der Waals surface area contributed by atoms with Gasteiger partial charge in [-0.05, 0) is 35.4 Å². The van der Waals surface area contributed by atoms with Crippen molar-refractivity contribution < 1.29 is 45.3 Å². The highest BCUT2D eigenvalue weighted by Gasteiger charge is 2.35. The van der Waals surface area contributed by atoms with E-state index < -0.39 is 23.5 Å². The summed E-state index contributed by atoms with van der Waals surface area (Å²) in [5, 5.41) is 0. The van der Waals surface area contributed by atoms with E-state index in [1.165, 1.54) is 46.9 Å². The third-order valence-electron chi connectivity index (χ3n) is 5.95. The van der Waals surface area contributed by atoms with Gasteiger partial charge >= 0.3 is 12.4 Å². The zero-order valence-electron chi connectivity index (χ0n) is 19.2. The number of hydrogen-bond acceptors (Lipinski definition) is 6. The maximum absolute atomic E-state index is 13.1. The number of rotatable bonds is 3. The van der Waals surface area contributed by atoms with E-state index in [2.05, 4.69) is 0 Å². The topological polar surface area (TPSA) is 36.9 Å². The number of benzene rings is 2. The number of ether oxygens (including phenoxy) is 4. The molecule has 0 N–H and O–H groups in total. The Morgan fingerprint density at radius 2 is 0.737 bits per heavy atom. The lowest BCUT2D eigenvalue weighted by molar-refractivity contribution is -0.138. The van der Waals surface area contributed by atoms with Crippen LogP contribution in [-0.2, 0) is 12.4 Å². The highest BCUT2D eigenvalue weighted by molar-refractivity contribution is 7.26. The van der Waals surface area contributed by atoms with Crippen LogP contribution in [0.15, 0.2) is 48.5 Å². The zero-order valence-corrected chi connectivity index (χ0v) is 20.8. The van der Waals surface area contributed by atoms with Crippen molar-refractivity contribution in [2.75, 3.05) is 26.4 Å². The van der Waals surface area contributed by atoms with Gasteiger partial charge in [-0.3, -0.25) is 0 Å². The average Bonchev–Trinajstić information content (AvgIpc) is 3.47. The number of alkyl halides is 6. The molecule has 2 aromatic carbocycles. The molecular formula is C26H16F6O4S2. The van der Waals surface area contributed by atoms with Gasteiger partial charge in [-0.2, -0.15) is 26.3 Å². The average molecular weight is 571 g/mol. The van der Waals surface area contributed by atoms with Gasteiger partial charge in [0, 0.05) is 0 Å². The summed E-state index contributed by atoms with van der Waals surface area (Å²) in [6.07, 6.45) is -8.92. The van der Waals surface area contributed by atoms with Gasteiger partial charge in [0.1, 0.15) is 26.4 Å². The molecule has 12 heteroatoms. The van der Waals surface area contributed by atoms with Crippen molar-refractivity contribution in [1.29, 1.82) is 0 Å². The van der Waals surface area contributed by atoms with Gasteiger partial charge in [-0.1, -0.05) is 24.3 Å². The molecule has 4 nitrogen and oxygen atoms in total. The molecular weight excluding hydrogens is 554 g/mol. The normalized spacial score (nSPS) is 15.0. The fourth-order valence-corrected chi connectivity index (χ4v) is 6.72. The third kappa shape index (κ3) is 4.35. The Bertz CT molecular complexity index is 1370. The predicted molar refractivity (Wildman–Crippen MR) is 130 cm³/mol. The van der Waals surface area contributed by atoms with Crippen LogP contribution in [0.25, 0.3) is 30.6 Å². The molecule has 0 fully saturated rings. The maximum Gasteiger partial charge on any atom is 0.416 e. The molecule has 6 rings (SSSR count). The lowest BCUT2D eigenvalue weighted by atomic mass is 10.1. The second-order valence-corrected chi connectivity index (χ2v) is 10.4. The summed E-state index contributed by atoms with van der Waals surface area (Å²) in [5.41, 5.74) is -0.464. The number of hydrogen-bond donors (Lipinski definition) is 0. The van der Waals surface area contributed by atoms with Crippen LogP contribution in [0.5, 0.6) is 23.0 Å². The second-order valence-electron chi connectivity index (χ2n) is 8.38. The third-order valence-corrected chi connectivity index (χ3v) is 8.52. The predicted octanol–water partition coefficient (Wildman–Crippen LogP) is 8.39. The van der Waals surface area contributed by atoms with E-state index in [1.54, 1.807) is 0 Å². The molecule has 0 saturated heterocycles. The number of halogens is 6. The van der Waals surface area contributed by atoms with Crippen molar-refractivity contribution in [1.82, 2.24) is 0 Å². The lowest BCUT2D eigenvalue weighted by Gasteiger charge is -2.19. The van der Waals surface area contributed by atoms with Crippen molar-refractivity contribution in [2.45, 2.75) is 12.4 Å². The van der Waals surface area contributed by atoms with E-state index in [0.717, 1.165) is 24.3 Å². The standard InChI is InChI=1S/C26H16F6O4S2/c27-25(28,29)15-5-1-13(2-6-15)21-17-19(35-11-9-33-17)23(37-21)24-20-18(34-10-12-36-20)22(38-24)14-3-7-16(8-4-14)26(30,31)32/h1-8H,9-12H2. The Hall–Kier alpha value is -3.38. The monoisotopic (exact) mass is 570 g/mol. The van der Waals surface area contributed by atoms with Crippen molar-refractivity contribution >= 4 is 22.7 Å². The van der Waals surface area contributed by atoms with E-state index in [9.17, 15) is 26.3 Å². The van der Waals surface area contributed by atoms with Gasteiger partial charge in [0.25, 0.3) is 0 Å². The minimum atomic E-state index is -4.46. The van der Waals surface area contributed by atoms with Crippen molar-refractivity contribution in [3.8, 4) is 53.6 Å². The first-order chi connectivity index (χ1) is 18.1. The SMILES string of the molecule is FC(F)(F)c1ccc(-c2sc(-c3sc(-c4ccc(C(F)(F)F)cc4)c4c3OCCO4)c3c2OCCO3)cc1. The first-order valence-electron chi connectivity index (χ1n) is 11.3. The van der Waals surface area contributed by atoms with Crippen LogP contribution in [0.2, 0.25) is 0 Å². The lowest BCUT2D eigenvalue weighted by Crippen LogP contribution is -2.15. The largest absolute Gasteiger partial charge is 0.485 e. The first kappa shape index (κ1) is 24.9. The van der Waals surface area contributed by atoms with Crippen LogP contribution in [-0.4, -0.2) is 26.4 Å². The molecule has 2 aromatic heterocycles. The molecule has 0 radical (unpaired) electrons. The molecule has 4 heterocycles. The summed E-state index contributed by atoms with van der Waals surface area (Å²) in [4.78, 5) is 2.47. The Labute approximate surface area is 220 Å². The summed E-state index contributed by atoms with van der Waals surface area (Å²) >= 11 is 2.55. The molecule has 2 aliphatic rings. The van der Waals surface area contributed by atoms with Gasteiger partial charge in [0.2, 0.25) is 0 Å². The Balaban J connectivity index is 1.47. The van der Waals surface area contributed by atoms with E-state index in [0.29, 0.717) is 53.6 Å². The molecule has 0 amide bonds. The smallest absolute Gasteiger partial charge is 0.416 e. The molecule has 0 bridgehead atoms. The van der Waals surface area contributed by atoms with E-state index in [4.69, 9.17) is 18.9 Å². The van der Waals surface area contributed by atoms with Gasteiger partial charge in [-0.25, -0.2) is 0 Å². The van der Waals surface area contributed by atoms with Crippen LogP contribution in [0, 0.1) is 0 Å². The van der Waals surface area contributed by atoms with Gasteiger partial charge in [-0.15, -0.1) is 22.7 Å². The molecule has 4 aromatic rings. The Morgan fingerprint density at radius 1 is 0.447 bits per heavy atom. The summed E-state index contributed by atoms with van der Waals surface area (Å²) < 4.78 is 102. The maximum atomic E-state index is 13.1. The van der Waals surface area contributed by atoms with Crippen LogP contribution in [0.4, 0.5) is 26.3 Å². The van der Waals surface area contributed by atoms with Crippen molar-refractivity contribution in [3.05, 3.63) is 59.7 Å². The fourth-order valence-electron chi connectivity index (χ4n) is 4.20. The number of fused-ring (bicyclic) bond motifs is 2. The Morgan fingerprint density at radius 3 is 1.03 bits per heavy atom. The minimum Gasteiger partial charge on any atom is -0.485 e.